The molecule has 1 aliphatic rings. The van der Waals surface area contributed by atoms with Gasteiger partial charge in [0.2, 0.25) is 0 Å². The molecule has 0 radical (unpaired) electrons. The van der Waals surface area contributed by atoms with Crippen molar-refractivity contribution >= 4 is 33.2 Å². The number of hydrogen-bond donors (Lipinski definition) is 1. The van der Waals surface area contributed by atoms with Crippen LogP contribution in [0.4, 0.5) is 24.5 Å². The topological polar surface area (TPSA) is 32.3 Å². The molecule has 1 saturated heterocycles. The zero-order chi connectivity index (χ0) is 18.0. The normalized spacial score (nSPS) is 14.6. The van der Waals surface area contributed by atoms with Gasteiger partial charge in [0.05, 0.1) is 22.5 Å². The number of carbonyl (C=O) groups is 1. The summed E-state index contributed by atoms with van der Waals surface area (Å²) in [5.74, 6) is -0.452. The first kappa shape index (κ1) is 17.8. The number of anilines is 2. The summed E-state index contributed by atoms with van der Waals surface area (Å²) in [6.07, 6.45) is -2.49. The first-order chi connectivity index (χ1) is 11.9. The minimum absolute atomic E-state index is 0.178. The molecule has 0 spiro atoms. The second-order valence-electron chi connectivity index (χ2n) is 5.86. The minimum atomic E-state index is -4.46. The van der Waals surface area contributed by atoms with Crippen LogP contribution in [0.2, 0.25) is 0 Å². The van der Waals surface area contributed by atoms with Crippen LogP contribution in [0.15, 0.2) is 46.9 Å². The second-order valence-corrected chi connectivity index (χ2v) is 6.71. The monoisotopic (exact) mass is 412 g/mol. The Hall–Kier alpha value is -2.02. The molecule has 0 bridgehead atoms. The fraction of sp³-hybridized carbons (Fsp3) is 0.278. The lowest BCUT2D eigenvalue weighted by atomic mass is 10.1. The van der Waals surface area contributed by atoms with E-state index in [4.69, 9.17) is 0 Å². The maximum atomic E-state index is 13.1. The van der Waals surface area contributed by atoms with Crippen molar-refractivity contribution in [3.05, 3.63) is 58.1 Å². The molecular formula is C18H16BrF3N2O. The van der Waals surface area contributed by atoms with Gasteiger partial charge in [-0.15, -0.1) is 0 Å². The third-order valence-corrected chi connectivity index (χ3v) is 4.83. The van der Waals surface area contributed by atoms with Crippen LogP contribution < -0.4 is 10.2 Å². The quantitative estimate of drug-likeness (QED) is 0.739. The van der Waals surface area contributed by atoms with Gasteiger partial charge in [-0.3, -0.25) is 4.79 Å². The van der Waals surface area contributed by atoms with Crippen LogP contribution in [0.3, 0.4) is 0 Å². The van der Waals surface area contributed by atoms with E-state index in [1.54, 1.807) is 24.3 Å². The minimum Gasteiger partial charge on any atom is -0.370 e. The van der Waals surface area contributed by atoms with Crippen molar-refractivity contribution in [2.75, 3.05) is 23.3 Å². The highest BCUT2D eigenvalue weighted by Gasteiger charge is 2.32. The van der Waals surface area contributed by atoms with Crippen LogP contribution in [0.5, 0.6) is 0 Å². The van der Waals surface area contributed by atoms with Crippen LogP contribution in [-0.4, -0.2) is 19.0 Å². The van der Waals surface area contributed by atoms with E-state index in [9.17, 15) is 18.0 Å². The Morgan fingerprint density at radius 1 is 1.08 bits per heavy atom. The summed E-state index contributed by atoms with van der Waals surface area (Å²) in [5, 5.41) is 2.65. The van der Waals surface area contributed by atoms with Gasteiger partial charge in [-0.25, -0.2) is 0 Å². The Bertz CT molecular complexity index is 786. The molecule has 3 rings (SSSR count). The molecule has 0 atom stereocenters. The summed E-state index contributed by atoms with van der Waals surface area (Å²) in [7, 11) is 0. The van der Waals surface area contributed by atoms with E-state index in [1.165, 1.54) is 6.07 Å². The van der Waals surface area contributed by atoms with Gasteiger partial charge in [-0.1, -0.05) is 12.1 Å². The van der Waals surface area contributed by atoms with E-state index in [0.29, 0.717) is 15.7 Å². The van der Waals surface area contributed by atoms with Crippen molar-refractivity contribution < 1.29 is 18.0 Å². The van der Waals surface area contributed by atoms with Crippen LogP contribution >= 0.6 is 15.9 Å². The number of alkyl halides is 3. The van der Waals surface area contributed by atoms with Crippen molar-refractivity contribution in [1.29, 1.82) is 0 Å². The zero-order valence-electron chi connectivity index (χ0n) is 13.2. The van der Waals surface area contributed by atoms with Crippen molar-refractivity contribution in [1.82, 2.24) is 0 Å². The number of amides is 1. The summed E-state index contributed by atoms with van der Waals surface area (Å²) in [6, 6.07) is 10.3. The number of carbonyl (C=O) groups excluding carboxylic acids is 1. The smallest absolute Gasteiger partial charge is 0.370 e. The lowest BCUT2D eigenvalue weighted by molar-refractivity contribution is -0.137. The highest BCUT2D eigenvalue weighted by Crippen LogP contribution is 2.36. The van der Waals surface area contributed by atoms with E-state index in [-0.39, 0.29) is 5.69 Å². The van der Waals surface area contributed by atoms with Gasteiger partial charge < -0.3 is 10.2 Å². The molecule has 2 aromatic rings. The van der Waals surface area contributed by atoms with Gasteiger partial charge in [0.25, 0.3) is 5.91 Å². The standard InChI is InChI=1S/C18H16BrF3N2O/c19-14-6-2-1-5-13(14)17(25)23-15-11-12(18(20,21)22)7-8-16(15)24-9-3-4-10-24/h1-2,5-8,11H,3-4,9-10H2,(H,23,25). The molecule has 1 fully saturated rings. The van der Waals surface area contributed by atoms with Crippen LogP contribution in [0, 0.1) is 0 Å². The van der Waals surface area contributed by atoms with E-state index in [1.807, 2.05) is 4.90 Å². The average Bonchev–Trinajstić information content (AvgIpc) is 3.08. The van der Waals surface area contributed by atoms with Gasteiger partial charge in [0.1, 0.15) is 0 Å². The Morgan fingerprint density at radius 3 is 2.40 bits per heavy atom. The molecule has 0 unspecified atom stereocenters. The van der Waals surface area contributed by atoms with E-state index in [2.05, 4.69) is 21.2 Å². The Balaban J connectivity index is 1.97. The zero-order valence-corrected chi connectivity index (χ0v) is 14.8. The summed E-state index contributed by atoms with van der Waals surface area (Å²) >= 11 is 3.29. The molecule has 25 heavy (non-hydrogen) atoms. The van der Waals surface area contributed by atoms with Crippen LogP contribution in [0.1, 0.15) is 28.8 Å². The average molecular weight is 413 g/mol. The fourth-order valence-corrected chi connectivity index (χ4v) is 3.35. The molecule has 0 aromatic heterocycles. The first-order valence-electron chi connectivity index (χ1n) is 7.88. The second kappa shape index (κ2) is 7.07. The molecule has 1 N–H and O–H groups in total. The molecule has 7 heteroatoms. The Labute approximate surface area is 152 Å². The number of halogens is 4. The molecule has 2 aromatic carbocycles. The lowest BCUT2D eigenvalue weighted by Crippen LogP contribution is -2.22. The molecule has 1 heterocycles. The van der Waals surface area contributed by atoms with Crippen molar-refractivity contribution in [2.45, 2.75) is 19.0 Å². The number of nitrogens with one attached hydrogen (secondary N) is 1. The van der Waals surface area contributed by atoms with Gasteiger partial charge in [-0.2, -0.15) is 13.2 Å². The van der Waals surface area contributed by atoms with Crippen molar-refractivity contribution in [2.24, 2.45) is 0 Å². The summed E-state index contributed by atoms with van der Waals surface area (Å²) < 4.78 is 39.8. The molecule has 1 aliphatic heterocycles. The van der Waals surface area contributed by atoms with Crippen LogP contribution in [-0.2, 0) is 6.18 Å². The number of nitrogens with zero attached hydrogens (tertiary/aromatic N) is 1. The molecule has 3 nitrogen and oxygen atoms in total. The molecule has 1 amide bonds. The number of rotatable bonds is 3. The third kappa shape index (κ3) is 3.98. The van der Waals surface area contributed by atoms with Crippen molar-refractivity contribution in [3.8, 4) is 0 Å². The first-order valence-corrected chi connectivity index (χ1v) is 8.67. The van der Waals surface area contributed by atoms with E-state index < -0.39 is 17.6 Å². The maximum Gasteiger partial charge on any atom is 0.416 e. The van der Waals surface area contributed by atoms with Crippen LogP contribution in [0.25, 0.3) is 0 Å². The number of benzene rings is 2. The third-order valence-electron chi connectivity index (χ3n) is 4.14. The fourth-order valence-electron chi connectivity index (χ4n) is 2.88. The summed E-state index contributed by atoms with van der Waals surface area (Å²) in [4.78, 5) is 14.5. The Morgan fingerprint density at radius 2 is 1.76 bits per heavy atom. The van der Waals surface area contributed by atoms with E-state index >= 15 is 0 Å². The largest absolute Gasteiger partial charge is 0.416 e. The molecule has 0 saturated carbocycles. The highest BCUT2D eigenvalue weighted by molar-refractivity contribution is 9.10. The maximum absolute atomic E-state index is 13.1. The van der Waals surface area contributed by atoms with Crippen molar-refractivity contribution in [3.63, 3.8) is 0 Å². The van der Waals surface area contributed by atoms with Gasteiger partial charge in [0, 0.05) is 17.6 Å². The molecule has 0 aliphatic carbocycles. The predicted octanol–water partition coefficient (Wildman–Crippen LogP) is 5.32. The van der Waals surface area contributed by atoms with Gasteiger partial charge >= 0.3 is 6.18 Å². The summed E-state index contributed by atoms with van der Waals surface area (Å²) in [5.41, 5.74) is 0.383. The molecular weight excluding hydrogens is 397 g/mol. The van der Waals surface area contributed by atoms with Gasteiger partial charge in [-0.05, 0) is 59.1 Å². The van der Waals surface area contributed by atoms with E-state index in [0.717, 1.165) is 38.1 Å². The van der Waals surface area contributed by atoms with Gasteiger partial charge in [0.15, 0.2) is 0 Å². The molecule has 132 valence electrons. The summed E-state index contributed by atoms with van der Waals surface area (Å²) in [6.45, 7) is 1.53. The Kier molecular flexibility index (Phi) is 5.03. The number of hydrogen-bond acceptors (Lipinski definition) is 2. The SMILES string of the molecule is O=C(Nc1cc(C(F)(F)F)ccc1N1CCCC1)c1ccccc1Br. The highest BCUT2D eigenvalue weighted by atomic mass is 79.9. The predicted molar refractivity (Wildman–Crippen MR) is 95.0 cm³/mol. The lowest BCUT2D eigenvalue weighted by Gasteiger charge is -2.23.